The Labute approximate surface area is 98.5 Å². The van der Waals surface area contributed by atoms with Crippen LogP contribution in [0.4, 0.5) is 0 Å². The summed E-state index contributed by atoms with van der Waals surface area (Å²) in [5.41, 5.74) is -0.110. The first-order chi connectivity index (χ1) is 7.88. The largest absolute Gasteiger partial charge is 0.476 e. The molecule has 0 atom stereocenters. The highest BCUT2D eigenvalue weighted by atomic mass is 32.2. The predicted molar refractivity (Wildman–Crippen MR) is 59.6 cm³/mol. The number of carboxylic acids is 1. The van der Waals surface area contributed by atoms with Gasteiger partial charge in [-0.15, -0.1) is 5.10 Å². The van der Waals surface area contributed by atoms with Crippen molar-refractivity contribution in [2.75, 3.05) is 25.1 Å². The Morgan fingerprint density at radius 1 is 1.53 bits per heavy atom. The van der Waals surface area contributed by atoms with E-state index in [-0.39, 0.29) is 11.4 Å². The van der Waals surface area contributed by atoms with Gasteiger partial charge in [-0.3, -0.25) is 4.68 Å². The zero-order valence-electron chi connectivity index (χ0n) is 9.33. The number of hydrogen-bond acceptors (Lipinski definition) is 6. The fourth-order valence-electron chi connectivity index (χ4n) is 1.08. The van der Waals surface area contributed by atoms with E-state index in [0.29, 0.717) is 19.6 Å². The second kappa shape index (κ2) is 5.73. The van der Waals surface area contributed by atoms with Gasteiger partial charge in [-0.1, -0.05) is 5.21 Å². The minimum Gasteiger partial charge on any atom is -0.476 e. The maximum atomic E-state index is 10.8. The first-order valence-electron chi connectivity index (χ1n) is 4.90. The minimum absolute atomic E-state index is 0.0741. The molecule has 9 heteroatoms. The molecular formula is C8H14N4O4S. The normalized spacial score (nSPS) is 11.6. The zero-order valence-corrected chi connectivity index (χ0v) is 10.1. The first-order valence-corrected chi connectivity index (χ1v) is 6.96. The van der Waals surface area contributed by atoms with Gasteiger partial charge in [0.15, 0.2) is 5.69 Å². The van der Waals surface area contributed by atoms with Crippen LogP contribution in [0.1, 0.15) is 10.5 Å². The number of carboxylic acid groups (broad SMARTS) is 1. The van der Waals surface area contributed by atoms with Gasteiger partial charge in [0.2, 0.25) is 0 Å². The summed E-state index contributed by atoms with van der Waals surface area (Å²) in [4.78, 5) is 10.5. The number of aromatic nitrogens is 3. The molecule has 2 N–H and O–H groups in total. The molecule has 96 valence electrons. The number of hydrogen-bond donors (Lipinski definition) is 2. The molecule has 0 aromatic carbocycles. The maximum absolute atomic E-state index is 10.8. The van der Waals surface area contributed by atoms with Crippen LogP contribution in [0.5, 0.6) is 0 Å². The highest BCUT2D eigenvalue weighted by Crippen LogP contribution is 1.91. The molecule has 1 heterocycles. The van der Waals surface area contributed by atoms with E-state index in [1.54, 1.807) is 0 Å². The lowest BCUT2D eigenvalue weighted by Crippen LogP contribution is -2.26. The van der Waals surface area contributed by atoms with E-state index in [4.69, 9.17) is 5.11 Å². The summed E-state index contributed by atoms with van der Waals surface area (Å²) in [5, 5.41) is 18.6. The molecule has 0 aliphatic heterocycles. The Bertz CT molecular complexity index is 481. The molecule has 0 aliphatic carbocycles. The van der Waals surface area contributed by atoms with Crippen molar-refractivity contribution in [2.45, 2.75) is 6.54 Å². The molecule has 0 bridgehead atoms. The van der Waals surface area contributed by atoms with E-state index < -0.39 is 15.8 Å². The topological polar surface area (TPSA) is 114 Å². The van der Waals surface area contributed by atoms with Crippen LogP contribution in [0.2, 0.25) is 0 Å². The Kier molecular flexibility index (Phi) is 4.58. The quantitative estimate of drug-likeness (QED) is 0.581. The molecule has 1 rings (SSSR count). The summed E-state index contributed by atoms with van der Waals surface area (Å²) in [6.45, 7) is 1.29. The van der Waals surface area contributed by atoms with Crippen molar-refractivity contribution in [3.63, 3.8) is 0 Å². The molecule has 0 aliphatic rings. The summed E-state index contributed by atoms with van der Waals surface area (Å²) >= 11 is 0. The van der Waals surface area contributed by atoms with Crippen LogP contribution in [0.25, 0.3) is 0 Å². The molecule has 0 amide bonds. The van der Waals surface area contributed by atoms with Gasteiger partial charge in [-0.25, -0.2) is 13.2 Å². The fourth-order valence-corrected chi connectivity index (χ4v) is 1.60. The Hall–Kier alpha value is -1.48. The van der Waals surface area contributed by atoms with Gasteiger partial charge in [-0.2, -0.15) is 0 Å². The van der Waals surface area contributed by atoms with Crippen molar-refractivity contribution in [1.29, 1.82) is 0 Å². The molecule has 0 spiro atoms. The van der Waals surface area contributed by atoms with Gasteiger partial charge in [0.1, 0.15) is 9.84 Å². The van der Waals surface area contributed by atoms with Crippen LogP contribution in [-0.2, 0) is 16.4 Å². The molecule has 0 saturated carbocycles. The second-order valence-electron chi connectivity index (χ2n) is 3.55. The van der Waals surface area contributed by atoms with Crippen molar-refractivity contribution >= 4 is 15.8 Å². The fraction of sp³-hybridized carbons (Fsp3) is 0.625. The molecule has 17 heavy (non-hydrogen) atoms. The van der Waals surface area contributed by atoms with E-state index in [1.807, 2.05) is 0 Å². The van der Waals surface area contributed by atoms with Gasteiger partial charge >= 0.3 is 5.97 Å². The van der Waals surface area contributed by atoms with Crippen LogP contribution >= 0.6 is 0 Å². The van der Waals surface area contributed by atoms with Gasteiger partial charge in [0.05, 0.1) is 18.5 Å². The van der Waals surface area contributed by atoms with E-state index in [9.17, 15) is 13.2 Å². The lowest BCUT2D eigenvalue weighted by atomic mass is 10.5. The first kappa shape index (κ1) is 13.6. The van der Waals surface area contributed by atoms with Crippen molar-refractivity contribution in [3.8, 4) is 0 Å². The number of aromatic carboxylic acids is 1. The lowest BCUT2D eigenvalue weighted by Gasteiger charge is -2.03. The monoisotopic (exact) mass is 262 g/mol. The second-order valence-corrected chi connectivity index (χ2v) is 5.81. The van der Waals surface area contributed by atoms with Crippen molar-refractivity contribution < 1.29 is 18.3 Å². The molecule has 1 aromatic rings. The molecular weight excluding hydrogens is 248 g/mol. The number of rotatable bonds is 7. The highest BCUT2D eigenvalue weighted by Gasteiger charge is 2.07. The average Bonchev–Trinajstić information content (AvgIpc) is 2.64. The van der Waals surface area contributed by atoms with E-state index in [2.05, 4.69) is 15.6 Å². The third-order valence-corrected chi connectivity index (χ3v) is 2.87. The van der Waals surface area contributed by atoms with E-state index in [0.717, 1.165) is 0 Å². The Balaban J connectivity index is 2.24. The van der Waals surface area contributed by atoms with Gasteiger partial charge in [-0.05, 0) is 0 Å². The smallest absolute Gasteiger partial charge is 0.358 e. The molecule has 0 unspecified atom stereocenters. The number of sulfone groups is 1. The van der Waals surface area contributed by atoms with Crippen molar-refractivity contribution in [1.82, 2.24) is 20.3 Å². The van der Waals surface area contributed by atoms with Crippen LogP contribution in [0.3, 0.4) is 0 Å². The number of nitrogens with one attached hydrogen (secondary N) is 1. The number of nitrogens with zero attached hydrogens (tertiary/aromatic N) is 3. The molecule has 8 nitrogen and oxygen atoms in total. The standard InChI is InChI=1S/C8H14N4O4S/c1-17(15,16)5-3-9-2-4-12-6-7(8(13)14)10-11-12/h6,9H,2-5H2,1H3,(H,13,14). The molecule has 1 aromatic heterocycles. The highest BCUT2D eigenvalue weighted by molar-refractivity contribution is 7.90. The maximum Gasteiger partial charge on any atom is 0.358 e. The SMILES string of the molecule is CS(=O)(=O)CCNCCn1cc(C(=O)O)nn1. The zero-order chi connectivity index (χ0) is 12.9. The summed E-state index contributed by atoms with van der Waals surface area (Å²) in [7, 11) is -2.95. The van der Waals surface area contributed by atoms with Crippen molar-refractivity contribution in [3.05, 3.63) is 11.9 Å². The third kappa shape index (κ3) is 5.41. The van der Waals surface area contributed by atoms with Gasteiger partial charge in [0, 0.05) is 19.3 Å². The van der Waals surface area contributed by atoms with Crippen LogP contribution in [0.15, 0.2) is 6.20 Å². The summed E-state index contributed by atoms with van der Waals surface area (Å²) in [5.74, 6) is -1.05. The van der Waals surface area contributed by atoms with E-state index in [1.165, 1.54) is 17.1 Å². The summed E-state index contributed by atoms with van der Waals surface area (Å²) in [6, 6.07) is 0. The van der Waals surface area contributed by atoms with E-state index >= 15 is 0 Å². The molecule has 0 radical (unpaired) electrons. The van der Waals surface area contributed by atoms with Crippen molar-refractivity contribution in [2.24, 2.45) is 0 Å². The van der Waals surface area contributed by atoms with Gasteiger partial charge < -0.3 is 10.4 Å². The van der Waals surface area contributed by atoms with Crippen LogP contribution in [-0.4, -0.2) is 59.6 Å². The third-order valence-electron chi connectivity index (χ3n) is 1.93. The Morgan fingerprint density at radius 2 is 2.24 bits per heavy atom. The Morgan fingerprint density at radius 3 is 2.76 bits per heavy atom. The summed E-state index contributed by atoms with van der Waals surface area (Å²) in [6.07, 6.45) is 2.49. The summed E-state index contributed by atoms with van der Waals surface area (Å²) < 4.78 is 23.0. The predicted octanol–water partition coefficient (Wildman–Crippen LogP) is -1.39. The lowest BCUT2D eigenvalue weighted by molar-refractivity contribution is 0.0690. The molecule has 0 saturated heterocycles. The van der Waals surface area contributed by atoms with Crippen LogP contribution in [0, 0.1) is 0 Å². The number of carbonyl (C=O) groups is 1. The van der Waals surface area contributed by atoms with Gasteiger partial charge in [0.25, 0.3) is 0 Å². The average molecular weight is 262 g/mol. The molecule has 0 fully saturated rings. The minimum atomic E-state index is -2.95. The van der Waals surface area contributed by atoms with Crippen LogP contribution < -0.4 is 5.32 Å².